The first-order valence-corrected chi connectivity index (χ1v) is 7.03. The van der Waals surface area contributed by atoms with E-state index in [-0.39, 0.29) is 6.42 Å². The number of halogens is 3. The van der Waals surface area contributed by atoms with Crippen molar-refractivity contribution in [3.63, 3.8) is 0 Å². The molecule has 0 aliphatic rings. The molecule has 0 amide bonds. The molecule has 0 bridgehead atoms. The maximum absolute atomic E-state index is 11.5. The minimum atomic E-state index is -0.927. The highest BCUT2D eigenvalue weighted by atomic mass is 35.5. The Hall–Kier alpha value is -1.22. The summed E-state index contributed by atoms with van der Waals surface area (Å²) in [5.41, 5.74) is 1.34. The fourth-order valence-electron chi connectivity index (χ4n) is 2.00. The molecule has 2 aromatic carbocycles. The van der Waals surface area contributed by atoms with Gasteiger partial charge in [0.25, 0.3) is 0 Å². The maximum atomic E-state index is 11.5. The lowest BCUT2D eigenvalue weighted by Gasteiger charge is -2.14. The molecule has 0 fully saturated rings. The Kier molecular flexibility index (Phi) is 4.92. The Morgan fingerprint density at radius 3 is 2.45 bits per heavy atom. The molecule has 0 saturated heterocycles. The van der Waals surface area contributed by atoms with Gasteiger partial charge in [0.2, 0.25) is 0 Å². The van der Waals surface area contributed by atoms with E-state index in [2.05, 4.69) is 0 Å². The van der Waals surface area contributed by atoms with E-state index in [1.54, 1.807) is 42.5 Å². The fraction of sp³-hybridized carbons (Fsp3) is 0.133. The van der Waals surface area contributed by atoms with Gasteiger partial charge in [-0.25, -0.2) is 0 Å². The van der Waals surface area contributed by atoms with Crippen molar-refractivity contribution < 1.29 is 9.90 Å². The second kappa shape index (κ2) is 6.49. The summed E-state index contributed by atoms with van der Waals surface area (Å²) in [6, 6.07) is 12.0. The van der Waals surface area contributed by atoms with Gasteiger partial charge in [-0.15, -0.1) is 0 Å². The largest absolute Gasteiger partial charge is 0.481 e. The molecule has 0 aromatic heterocycles. The molecule has 0 saturated carbocycles. The minimum Gasteiger partial charge on any atom is -0.481 e. The predicted octanol–water partition coefficient (Wildman–Crippen LogP) is 5.06. The highest BCUT2D eigenvalue weighted by Gasteiger charge is 2.22. The summed E-state index contributed by atoms with van der Waals surface area (Å²) in [6.07, 6.45) is 0.259. The van der Waals surface area contributed by atoms with Crippen LogP contribution in [0.1, 0.15) is 17.0 Å². The van der Waals surface area contributed by atoms with Crippen LogP contribution in [0.5, 0.6) is 0 Å². The number of benzene rings is 2. The van der Waals surface area contributed by atoms with E-state index in [9.17, 15) is 9.90 Å². The van der Waals surface area contributed by atoms with Crippen molar-refractivity contribution in [3.05, 3.63) is 68.7 Å². The van der Waals surface area contributed by atoms with Crippen molar-refractivity contribution in [1.82, 2.24) is 0 Å². The topological polar surface area (TPSA) is 37.3 Å². The van der Waals surface area contributed by atoms with Gasteiger partial charge in [0.15, 0.2) is 0 Å². The first kappa shape index (κ1) is 15.2. The highest BCUT2D eigenvalue weighted by molar-refractivity contribution is 6.42. The summed E-state index contributed by atoms with van der Waals surface area (Å²) in [7, 11) is 0. The molecule has 2 aromatic rings. The van der Waals surface area contributed by atoms with E-state index in [0.29, 0.717) is 26.2 Å². The van der Waals surface area contributed by atoms with Gasteiger partial charge in [-0.1, -0.05) is 59.1 Å². The molecule has 0 radical (unpaired) electrons. The number of carboxylic acid groups (broad SMARTS) is 1. The van der Waals surface area contributed by atoms with Gasteiger partial charge in [-0.2, -0.15) is 0 Å². The molecule has 1 N–H and O–H groups in total. The van der Waals surface area contributed by atoms with Crippen molar-refractivity contribution in [2.24, 2.45) is 0 Å². The zero-order valence-corrected chi connectivity index (χ0v) is 12.6. The summed E-state index contributed by atoms with van der Waals surface area (Å²) in [5, 5.41) is 10.7. The smallest absolute Gasteiger partial charge is 0.311 e. The molecule has 104 valence electrons. The van der Waals surface area contributed by atoms with Crippen molar-refractivity contribution in [1.29, 1.82) is 0 Å². The second-order valence-corrected chi connectivity index (χ2v) is 5.58. The summed E-state index contributed by atoms with van der Waals surface area (Å²) < 4.78 is 0. The third-order valence-corrected chi connectivity index (χ3v) is 4.10. The van der Waals surface area contributed by atoms with Gasteiger partial charge in [-0.3, -0.25) is 4.79 Å². The standard InChI is InChI=1S/C15H11Cl3O2/c16-11-5-1-3-9(7-11)12(15(19)20)8-10-4-2-6-13(17)14(10)18/h1-7,12H,8H2,(H,19,20). The third kappa shape index (κ3) is 3.45. The first-order chi connectivity index (χ1) is 9.49. The fourth-order valence-corrected chi connectivity index (χ4v) is 2.59. The minimum absolute atomic E-state index is 0.259. The summed E-state index contributed by atoms with van der Waals surface area (Å²) in [4.78, 5) is 11.5. The SMILES string of the molecule is O=C(O)C(Cc1cccc(Cl)c1Cl)c1cccc(Cl)c1. The van der Waals surface area contributed by atoms with E-state index in [1.807, 2.05) is 0 Å². The van der Waals surface area contributed by atoms with Gasteiger partial charge in [0.05, 0.1) is 16.0 Å². The van der Waals surface area contributed by atoms with Crippen molar-refractivity contribution in [2.45, 2.75) is 12.3 Å². The highest BCUT2D eigenvalue weighted by Crippen LogP contribution is 2.31. The van der Waals surface area contributed by atoms with Crippen LogP contribution in [-0.4, -0.2) is 11.1 Å². The number of rotatable bonds is 4. The Bertz CT molecular complexity index is 641. The van der Waals surface area contributed by atoms with Crippen LogP contribution >= 0.6 is 34.8 Å². The Balaban J connectivity index is 2.36. The second-order valence-electron chi connectivity index (χ2n) is 4.36. The molecule has 1 atom stereocenters. The van der Waals surface area contributed by atoms with Crippen molar-refractivity contribution in [2.75, 3.05) is 0 Å². The molecule has 0 spiro atoms. The van der Waals surface area contributed by atoms with Crippen molar-refractivity contribution in [3.8, 4) is 0 Å². The van der Waals surface area contributed by atoms with Crippen LogP contribution in [-0.2, 0) is 11.2 Å². The first-order valence-electron chi connectivity index (χ1n) is 5.90. The average molecular weight is 330 g/mol. The number of hydrogen-bond donors (Lipinski definition) is 1. The molecular formula is C15H11Cl3O2. The van der Waals surface area contributed by atoms with Crippen LogP contribution in [0.4, 0.5) is 0 Å². The lowest BCUT2D eigenvalue weighted by molar-refractivity contribution is -0.138. The number of carbonyl (C=O) groups is 1. The molecule has 0 heterocycles. The Morgan fingerprint density at radius 2 is 1.80 bits per heavy atom. The molecule has 0 aliphatic heterocycles. The summed E-state index contributed by atoms with van der Waals surface area (Å²) in [6.45, 7) is 0. The molecular weight excluding hydrogens is 319 g/mol. The molecule has 2 nitrogen and oxygen atoms in total. The third-order valence-electron chi connectivity index (χ3n) is 3.00. The predicted molar refractivity (Wildman–Crippen MR) is 82.0 cm³/mol. The van der Waals surface area contributed by atoms with E-state index < -0.39 is 11.9 Å². The van der Waals surface area contributed by atoms with Crippen LogP contribution < -0.4 is 0 Å². The van der Waals surface area contributed by atoms with E-state index in [4.69, 9.17) is 34.8 Å². The zero-order valence-electron chi connectivity index (χ0n) is 10.3. The van der Waals surface area contributed by atoms with Gasteiger partial charge < -0.3 is 5.11 Å². The van der Waals surface area contributed by atoms with Crippen LogP contribution in [0.25, 0.3) is 0 Å². The zero-order chi connectivity index (χ0) is 14.7. The Labute approximate surface area is 131 Å². The maximum Gasteiger partial charge on any atom is 0.311 e. The molecule has 0 aliphatic carbocycles. The van der Waals surface area contributed by atoms with E-state index in [1.165, 1.54) is 0 Å². The van der Waals surface area contributed by atoms with E-state index in [0.717, 1.165) is 0 Å². The molecule has 20 heavy (non-hydrogen) atoms. The normalized spacial score (nSPS) is 12.2. The van der Waals surface area contributed by atoms with Gasteiger partial charge in [0.1, 0.15) is 0 Å². The van der Waals surface area contributed by atoms with Crippen LogP contribution in [0.3, 0.4) is 0 Å². The Morgan fingerprint density at radius 1 is 1.10 bits per heavy atom. The molecule has 5 heteroatoms. The van der Waals surface area contributed by atoms with E-state index >= 15 is 0 Å². The number of hydrogen-bond acceptors (Lipinski definition) is 1. The quantitative estimate of drug-likeness (QED) is 0.851. The van der Waals surface area contributed by atoms with Crippen LogP contribution in [0.2, 0.25) is 15.1 Å². The van der Waals surface area contributed by atoms with Crippen molar-refractivity contribution >= 4 is 40.8 Å². The summed E-state index contributed by atoms with van der Waals surface area (Å²) >= 11 is 18.0. The lowest BCUT2D eigenvalue weighted by Crippen LogP contribution is -2.14. The average Bonchev–Trinajstić information content (AvgIpc) is 2.40. The molecule has 1 unspecified atom stereocenters. The number of aliphatic carboxylic acids is 1. The van der Waals surface area contributed by atoms with Gasteiger partial charge >= 0.3 is 5.97 Å². The number of carboxylic acids is 1. The van der Waals surface area contributed by atoms with Crippen LogP contribution in [0, 0.1) is 0 Å². The lowest BCUT2D eigenvalue weighted by atomic mass is 9.92. The van der Waals surface area contributed by atoms with Crippen LogP contribution in [0.15, 0.2) is 42.5 Å². The van der Waals surface area contributed by atoms with Gasteiger partial charge in [-0.05, 0) is 35.7 Å². The monoisotopic (exact) mass is 328 g/mol. The van der Waals surface area contributed by atoms with Gasteiger partial charge in [0, 0.05) is 5.02 Å². The molecule has 2 rings (SSSR count). The summed E-state index contributed by atoms with van der Waals surface area (Å²) in [5.74, 6) is -1.65.